The van der Waals surface area contributed by atoms with Gasteiger partial charge in [0.05, 0.1) is 10.8 Å². The second-order valence-electron chi connectivity index (χ2n) is 6.51. The van der Waals surface area contributed by atoms with Gasteiger partial charge in [0.15, 0.2) is 5.96 Å². The van der Waals surface area contributed by atoms with E-state index in [1.807, 2.05) is 20.0 Å². The van der Waals surface area contributed by atoms with Crippen LogP contribution in [0.15, 0.2) is 11.2 Å². The maximum absolute atomic E-state index is 12.2. The number of aryl methyl sites for hydroxylation is 1. The fourth-order valence-electron chi connectivity index (χ4n) is 2.96. The third kappa shape index (κ3) is 8.20. The van der Waals surface area contributed by atoms with Gasteiger partial charge in [0.2, 0.25) is 10.0 Å². The van der Waals surface area contributed by atoms with E-state index in [9.17, 15) is 8.42 Å². The van der Waals surface area contributed by atoms with E-state index in [2.05, 4.69) is 27.5 Å². The Kier molecular flexibility index (Phi) is 11.1. The number of hydrogen-bond donors (Lipinski definition) is 2. The highest BCUT2D eigenvalue weighted by molar-refractivity contribution is 14.0. The van der Waals surface area contributed by atoms with Crippen molar-refractivity contribution in [1.29, 1.82) is 0 Å². The van der Waals surface area contributed by atoms with Crippen molar-refractivity contribution in [2.24, 2.45) is 4.99 Å². The Labute approximate surface area is 184 Å². The van der Waals surface area contributed by atoms with E-state index in [0.29, 0.717) is 26.1 Å². The minimum absolute atomic E-state index is 0. The van der Waals surface area contributed by atoms with Crippen LogP contribution in [0.2, 0.25) is 0 Å². The van der Waals surface area contributed by atoms with E-state index < -0.39 is 10.0 Å². The largest absolute Gasteiger partial charge is 0.357 e. The van der Waals surface area contributed by atoms with Crippen molar-refractivity contribution in [2.45, 2.75) is 52.5 Å². The molecule has 0 saturated carbocycles. The minimum Gasteiger partial charge on any atom is -0.357 e. The van der Waals surface area contributed by atoms with E-state index in [4.69, 9.17) is 0 Å². The Balaban J connectivity index is 0.00000364. The van der Waals surface area contributed by atoms with Crippen LogP contribution < -0.4 is 10.6 Å². The number of halogens is 1. The van der Waals surface area contributed by atoms with Crippen LogP contribution in [0.3, 0.4) is 0 Å². The first-order valence-electron chi connectivity index (χ1n) is 9.38. The van der Waals surface area contributed by atoms with Crippen molar-refractivity contribution < 1.29 is 8.42 Å². The molecule has 0 atom stereocenters. The van der Waals surface area contributed by atoms with Gasteiger partial charge in [0.1, 0.15) is 0 Å². The molecule has 0 unspecified atom stereocenters. The quantitative estimate of drug-likeness (QED) is 0.307. The van der Waals surface area contributed by atoms with Crippen molar-refractivity contribution in [3.05, 3.63) is 16.1 Å². The molecule has 1 aromatic heterocycles. The van der Waals surface area contributed by atoms with Gasteiger partial charge in [-0.1, -0.05) is 6.92 Å². The molecule has 156 valence electrons. The lowest BCUT2D eigenvalue weighted by Gasteiger charge is -2.32. The molecule has 1 aromatic rings. The third-order valence-corrected chi connectivity index (χ3v) is 7.31. The lowest BCUT2D eigenvalue weighted by Crippen LogP contribution is -2.50. The summed E-state index contributed by atoms with van der Waals surface area (Å²) < 4.78 is 25.9. The van der Waals surface area contributed by atoms with Crippen LogP contribution in [0.4, 0.5) is 0 Å². The van der Waals surface area contributed by atoms with Gasteiger partial charge in [-0.05, 0) is 33.1 Å². The van der Waals surface area contributed by atoms with E-state index in [1.54, 1.807) is 15.6 Å². The first kappa shape index (κ1) is 24.6. The Morgan fingerprint density at radius 1 is 1.37 bits per heavy atom. The van der Waals surface area contributed by atoms with Gasteiger partial charge >= 0.3 is 0 Å². The minimum atomic E-state index is -3.08. The van der Waals surface area contributed by atoms with E-state index in [1.165, 1.54) is 4.88 Å². The van der Waals surface area contributed by atoms with Crippen molar-refractivity contribution in [3.8, 4) is 0 Å². The summed E-state index contributed by atoms with van der Waals surface area (Å²) in [6.45, 7) is 8.65. The van der Waals surface area contributed by atoms with Crippen LogP contribution >= 0.6 is 35.3 Å². The Bertz CT molecular complexity index is 685. The molecule has 0 spiro atoms. The Hall–Kier alpha value is -0.460. The second kappa shape index (κ2) is 12.2. The highest BCUT2D eigenvalue weighted by atomic mass is 127. The van der Waals surface area contributed by atoms with Gasteiger partial charge < -0.3 is 10.6 Å². The lowest BCUT2D eigenvalue weighted by atomic mass is 10.1. The predicted molar refractivity (Wildman–Crippen MR) is 124 cm³/mol. The molecule has 0 radical (unpaired) electrons. The molecule has 2 N–H and O–H groups in total. The van der Waals surface area contributed by atoms with Crippen molar-refractivity contribution >= 4 is 51.3 Å². The molecule has 1 fully saturated rings. The van der Waals surface area contributed by atoms with Crippen LogP contribution in [0, 0.1) is 6.92 Å². The fraction of sp³-hybridized carbons (Fsp3) is 0.765. The van der Waals surface area contributed by atoms with Gasteiger partial charge in [-0.15, -0.1) is 35.3 Å². The van der Waals surface area contributed by atoms with Gasteiger partial charge in [0, 0.05) is 49.7 Å². The highest BCUT2D eigenvalue weighted by Gasteiger charge is 2.27. The molecule has 10 heteroatoms. The third-order valence-electron chi connectivity index (χ3n) is 4.26. The summed E-state index contributed by atoms with van der Waals surface area (Å²) in [5, 5.41) is 7.83. The zero-order valence-corrected chi connectivity index (χ0v) is 20.4. The first-order valence-corrected chi connectivity index (χ1v) is 11.8. The summed E-state index contributed by atoms with van der Waals surface area (Å²) in [7, 11) is -3.08. The number of thiazole rings is 1. The number of piperidine rings is 1. The SMILES string of the molecule is CCCS(=O)(=O)N1CCC(NC(=NCCc2ncc(C)s2)NCC)CC1.I. The van der Waals surface area contributed by atoms with E-state index in [0.717, 1.165) is 36.8 Å². The maximum atomic E-state index is 12.2. The molecule has 0 aliphatic carbocycles. The Morgan fingerprint density at radius 2 is 2.07 bits per heavy atom. The summed E-state index contributed by atoms with van der Waals surface area (Å²) in [6, 6.07) is 0.253. The molecule has 0 aromatic carbocycles. The summed E-state index contributed by atoms with van der Waals surface area (Å²) in [5.74, 6) is 1.04. The number of guanidine groups is 1. The maximum Gasteiger partial charge on any atom is 0.214 e. The van der Waals surface area contributed by atoms with E-state index >= 15 is 0 Å². The summed E-state index contributed by atoms with van der Waals surface area (Å²) in [6.07, 6.45) is 5.00. The summed E-state index contributed by atoms with van der Waals surface area (Å²) in [5.41, 5.74) is 0. The normalized spacial score (nSPS) is 16.8. The lowest BCUT2D eigenvalue weighted by molar-refractivity contribution is 0.306. The highest BCUT2D eigenvalue weighted by Crippen LogP contribution is 2.15. The number of aromatic nitrogens is 1. The van der Waals surface area contributed by atoms with Crippen LogP contribution in [0.1, 0.15) is 43.0 Å². The van der Waals surface area contributed by atoms with Gasteiger partial charge in [-0.2, -0.15) is 0 Å². The van der Waals surface area contributed by atoms with E-state index in [-0.39, 0.29) is 35.8 Å². The number of nitrogens with one attached hydrogen (secondary N) is 2. The molecule has 1 aliphatic heterocycles. The fourth-order valence-corrected chi connectivity index (χ4v) is 5.28. The van der Waals surface area contributed by atoms with Crippen molar-refractivity contribution in [3.63, 3.8) is 0 Å². The van der Waals surface area contributed by atoms with Crippen LogP contribution in [0.5, 0.6) is 0 Å². The molecule has 1 saturated heterocycles. The standard InChI is InChI=1S/C17H31N5O2S2.HI/c1-4-12-26(23,24)22-10-7-15(8-11-22)21-17(18-5-2)19-9-6-16-20-13-14(3)25-16;/h13,15H,4-12H2,1-3H3,(H2,18,19,21);1H. The molecule has 1 aliphatic rings. The van der Waals surface area contributed by atoms with Crippen molar-refractivity contribution in [2.75, 3.05) is 31.9 Å². The van der Waals surface area contributed by atoms with Crippen LogP contribution in [-0.4, -0.2) is 61.6 Å². The molecule has 0 amide bonds. The monoisotopic (exact) mass is 529 g/mol. The average Bonchev–Trinajstić information content (AvgIpc) is 3.01. The van der Waals surface area contributed by atoms with Gasteiger partial charge in [-0.3, -0.25) is 4.99 Å². The number of aliphatic imine (C=N–C) groups is 1. The van der Waals surface area contributed by atoms with Crippen molar-refractivity contribution in [1.82, 2.24) is 19.9 Å². The first-order chi connectivity index (χ1) is 12.4. The molecular formula is C17H32IN5O2S2. The molecule has 27 heavy (non-hydrogen) atoms. The number of nitrogens with zero attached hydrogens (tertiary/aromatic N) is 3. The summed E-state index contributed by atoms with van der Waals surface area (Å²) >= 11 is 1.71. The molecule has 2 rings (SSSR count). The number of sulfonamides is 1. The van der Waals surface area contributed by atoms with Gasteiger partial charge in [0.25, 0.3) is 0 Å². The molecular weight excluding hydrogens is 497 g/mol. The smallest absolute Gasteiger partial charge is 0.214 e. The molecule has 7 nitrogen and oxygen atoms in total. The van der Waals surface area contributed by atoms with Gasteiger partial charge in [-0.25, -0.2) is 17.7 Å². The zero-order chi connectivity index (χ0) is 19.0. The summed E-state index contributed by atoms with van der Waals surface area (Å²) in [4.78, 5) is 10.2. The second-order valence-corrected chi connectivity index (χ2v) is 9.92. The topological polar surface area (TPSA) is 86.7 Å². The van der Waals surface area contributed by atoms with Crippen LogP contribution in [-0.2, 0) is 16.4 Å². The number of hydrogen-bond acceptors (Lipinski definition) is 5. The molecule has 0 bridgehead atoms. The zero-order valence-electron chi connectivity index (χ0n) is 16.4. The number of rotatable bonds is 8. The van der Waals surface area contributed by atoms with Crippen LogP contribution in [0.25, 0.3) is 0 Å². The average molecular weight is 530 g/mol. The Morgan fingerprint density at radius 3 is 2.63 bits per heavy atom. The molecule has 2 heterocycles. The predicted octanol–water partition coefficient (Wildman–Crippen LogP) is 2.37.